The maximum atomic E-state index is 3.60. The zero-order valence-corrected chi connectivity index (χ0v) is 12.0. The standard InChI is InChI=1S/C15H29N3/c1-17-11-13-18(14-12-17)10-9-16-8-7-15-5-3-2-4-6-15/h5,16H,2-4,6-14H2,1H3. The molecule has 3 heteroatoms. The number of rotatable bonds is 6. The minimum absolute atomic E-state index is 1.15. The molecule has 0 bridgehead atoms. The van der Waals surface area contributed by atoms with E-state index in [-0.39, 0.29) is 0 Å². The third-order valence-corrected chi connectivity index (χ3v) is 4.21. The Kier molecular flexibility index (Phi) is 6.18. The number of nitrogens with one attached hydrogen (secondary N) is 1. The summed E-state index contributed by atoms with van der Waals surface area (Å²) in [6.45, 7) is 8.47. The number of hydrogen-bond acceptors (Lipinski definition) is 3. The summed E-state index contributed by atoms with van der Waals surface area (Å²) in [4.78, 5) is 4.99. The Morgan fingerprint density at radius 1 is 1.11 bits per heavy atom. The van der Waals surface area contributed by atoms with Crippen molar-refractivity contribution in [2.24, 2.45) is 0 Å². The first-order chi connectivity index (χ1) is 8.84. The number of piperazine rings is 1. The van der Waals surface area contributed by atoms with Gasteiger partial charge in [-0.15, -0.1) is 0 Å². The smallest absolute Gasteiger partial charge is 0.0110 e. The molecule has 2 rings (SSSR count). The van der Waals surface area contributed by atoms with Crippen molar-refractivity contribution in [1.82, 2.24) is 15.1 Å². The van der Waals surface area contributed by atoms with Gasteiger partial charge in [-0.25, -0.2) is 0 Å². The highest BCUT2D eigenvalue weighted by Gasteiger charge is 2.12. The van der Waals surface area contributed by atoms with E-state index in [2.05, 4.69) is 28.2 Å². The second kappa shape index (κ2) is 7.93. The van der Waals surface area contributed by atoms with Crippen molar-refractivity contribution < 1.29 is 0 Å². The normalized spacial score (nSPS) is 23.1. The van der Waals surface area contributed by atoms with Gasteiger partial charge in [0.1, 0.15) is 0 Å². The van der Waals surface area contributed by atoms with Crippen molar-refractivity contribution in [3.63, 3.8) is 0 Å². The van der Waals surface area contributed by atoms with E-state index in [0.717, 1.165) is 6.54 Å². The predicted octanol–water partition coefficient (Wildman–Crippen LogP) is 1.71. The number of nitrogens with zero attached hydrogens (tertiary/aromatic N) is 2. The van der Waals surface area contributed by atoms with Crippen molar-refractivity contribution in [1.29, 1.82) is 0 Å². The molecule has 104 valence electrons. The topological polar surface area (TPSA) is 18.5 Å². The van der Waals surface area contributed by atoms with Crippen molar-refractivity contribution in [2.45, 2.75) is 32.1 Å². The molecule has 1 aliphatic carbocycles. The molecular formula is C15H29N3. The quantitative estimate of drug-likeness (QED) is 0.573. The van der Waals surface area contributed by atoms with E-state index in [1.54, 1.807) is 5.57 Å². The average Bonchev–Trinajstić information content (AvgIpc) is 2.42. The number of likely N-dealkylation sites (N-methyl/N-ethyl adjacent to an activating group) is 1. The fourth-order valence-electron chi connectivity index (χ4n) is 2.81. The van der Waals surface area contributed by atoms with Crippen LogP contribution in [0.25, 0.3) is 0 Å². The van der Waals surface area contributed by atoms with Gasteiger partial charge in [0.05, 0.1) is 0 Å². The summed E-state index contributed by atoms with van der Waals surface area (Å²) in [5.41, 5.74) is 1.69. The van der Waals surface area contributed by atoms with E-state index >= 15 is 0 Å². The molecular weight excluding hydrogens is 222 g/mol. The molecule has 0 spiro atoms. The van der Waals surface area contributed by atoms with Crippen LogP contribution < -0.4 is 5.32 Å². The van der Waals surface area contributed by atoms with Crippen molar-refractivity contribution in [3.05, 3.63) is 11.6 Å². The molecule has 1 heterocycles. The summed E-state index contributed by atoms with van der Waals surface area (Å²) in [7, 11) is 2.22. The number of allylic oxidation sites excluding steroid dienone is 1. The van der Waals surface area contributed by atoms with Gasteiger partial charge in [-0.05, 0) is 45.7 Å². The molecule has 0 radical (unpaired) electrons. The van der Waals surface area contributed by atoms with Crippen LogP contribution in [0, 0.1) is 0 Å². The monoisotopic (exact) mass is 251 g/mol. The molecule has 1 fully saturated rings. The molecule has 0 atom stereocenters. The van der Waals surface area contributed by atoms with Crippen LogP contribution >= 0.6 is 0 Å². The molecule has 0 unspecified atom stereocenters. The van der Waals surface area contributed by atoms with Crippen LogP contribution in [0.5, 0.6) is 0 Å². The van der Waals surface area contributed by atoms with Gasteiger partial charge in [-0.1, -0.05) is 11.6 Å². The van der Waals surface area contributed by atoms with Gasteiger partial charge in [0.2, 0.25) is 0 Å². The van der Waals surface area contributed by atoms with Gasteiger partial charge in [0, 0.05) is 39.3 Å². The van der Waals surface area contributed by atoms with E-state index < -0.39 is 0 Å². The summed E-state index contributed by atoms with van der Waals surface area (Å²) in [5.74, 6) is 0. The average molecular weight is 251 g/mol. The zero-order chi connectivity index (χ0) is 12.6. The molecule has 0 aromatic carbocycles. The Labute approximate surface area is 112 Å². The number of hydrogen-bond donors (Lipinski definition) is 1. The molecule has 1 saturated heterocycles. The van der Waals surface area contributed by atoms with Crippen molar-refractivity contribution in [3.8, 4) is 0 Å². The minimum Gasteiger partial charge on any atom is -0.315 e. The highest BCUT2D eigenvalue weighted by Crippen LogP contribution is 2.19. The first-order valence-electron chi connectivity index (χ1n) is 7.64. The Hall–Kier alpha value is -0.380. The highest BCUT2D eigenvalue weighted by molar-refractivity contribution is 5.05. The van der Waals surface area contributed by atoms with Crippen LogP contribution in [0.2, 0.25) is 0 Å². The largest absolute Gasteiger partial charge is 0.315 e. The van der Waals surface area contributed by atoms with Gasteiger partial charge in [-0.3, -0.25) is 4.90 Å². The second-order valence-electron chi connectivity index (χ2n) is 5.75. The van der Waals surface area contributed by atoms with Crippen molar-refractivity contribution >= 4 is 0 Å². The van der Waals surface area contributed by atoms with E-state index in [1.807, 2.05) is 0 Å². The van der Waals surface area contributed by atoms with Crippen molar-refractivity contribution in [2.75, 3.05) is 52.9 Å². The maximum absolute atomic E-state index is 3.60. The Balaban J connectivity index is 1.47. The van der Waals surface area contributed by atoms with Crippen LogP contribution in [0.4, 0.5) is 0 Å². The molecule has 1 N–H and O–H groups in total. The summed E-state index contributed by atoms with van der Waals surface area (Å²) in [6, 6.07) is 0. The van der Waals surface area contributed by atoms with Crippen LogP contribution in [0.3, 0.4) is 0 Å². The molecule has 0 aromatic heterocycles. The Morgan fingerprint density at radius 2 is 1.94 bits per heavy atom. The Morgan fingerprint density at radius 3 is 2.67 bits per heavy atom. The molecule has 1 aliphatic heterocycles. The minimum atomic E-state index is 1.15. The third-order valence-electron chi connectivity index (χ3n) is 4.21. The second-order valence-corrected chi connectivity index (χ2v) is 5.75. The molecule has 2 aliphatic rings. The van der Waals surface area contributed by atoms with Gasteiger partial charge in [0.15, 0.2) is 0 Å². The van der Waals surface area contributed by atoms with Crippen LogP contribution in [-0.2, 0) is 0 Å². The SMILES string of the molecule is CN1CCN(CCNCCC2=CCCCC2)CC1. The van der Waals surface area contributed by atoms with Crippen LogP contribution in [0.1, 0.15) is 32.1 Å². The molecule has 0 aromatic rings. The van der Waals surface area contributed by atoms with E-state index in [4.69, 9.17) is 0 Å². The molecule has 3 nitrogen and oxygen atoms in total. The lowest BCUT2D eigenvalue weighted by atomic mass is 9.97. The van der Waals surface area contributed by atoms with Gasteiger partial charge < -0.3 is 10.2 Å². The maximum Gasteiger partial charge on any atom is 0.0110 e. The fraction of sp³-hybridized carbons (Fsp3) is 0.867. The lowest BCUT2D eigenvalue weighted by Crippen LogP contribution is -2.46. The van der Waals surface area contributed by atoms with Crippen LogP contribution in [0.15, 0.2) is 11.6 Å². The zero-order valence-electron chi connectivity index (χ0n) is 12.0. The fourth-order valence-corrected chi connectivity index (χ4v) is 2.81. The third kappa shape index (κ3) is 5.09. The first kappa shape index (κ1) is 14.0. The van der Waals surface area contributed by atoms with Gasteiger partial charge in [0.25, 0.3) is 0 Å². The van der Waals surface area contributed by atoms with Gasteiger partial charge >= 0.3 is 0 Å². The van der Waals surface area contributed by atoms with E-state index in [9.17, 15) is 0 Å². The molecule has 18 heavy (non-hydrogen) atoms. The Bertz CT molecular complexity index is 254. The van der Waals surface area contributed by atoms with E-state index in [1.165, 1.54) is 71.4 Å². The molecule has 0 saturated carbocycles. The van der Waals surface area contributed by atoms with E-state index in [0.29, 0.717) is 0 Å². The lowest BCUT2D eigenvalue weighted by Gasteiger charge is -2.32. The lowest BCUT2D eigenvalue weighted by molar-refractivity contribution is 0.155. The summed E-state index contributed by atoms with van der Waals surface area (Å²) >= 11 is 0. The van der Waals surface area contributed by atoms with Crippen LogP contribution in [-0.4, -0.2) is 62.7 Å². The van der Waals surface area contributed by atoms with Gasteiger partial charge in [-0.2, -0.15) is 0 Å². The predicted molar refractivity (Wildman–Crippen MR) is 78.0 cm³/mol. The summed E-state index contributed by atoms with van der Waals surface area (Å²) in [6.07, 6.45) is 9.21. The highest BCUT2D eigenvalue weighted by atomic mass is 15.2. The summed E-state index contributed by atoms with van der Waals surface area (Å²) in [5, 5.41) is 3.60. The molecule has 0 amide bonds. The summed E-state index contributed by atoms with van der Waals surface area (Å²) < 4.78 is 0. The first-order valence-corrected chi connectivity index (χ1v) is 7.64.